The molecule has 1 aliphatic rings. The molecule has 7 aromatic carbocycles. The Morgan fingerprint density at radius 3 is 0.961 bits per heavy atom. The number of nitrogen functional groups attached to an aromatic ring is 8. The maximum absolute atomic E-state index is 13.8. The van der Waals surface area contributed by atoms with Crippen LogP contribution in [0.25, 0.3) is 75.4 Å². The second-order valence-electron chi connectivity index (χ2n) is 40.4. The second-order valence-corrected chi connectivity index (χ2v) is 40.8. The van der Waals surface area contributed by atoms with Gasteiger partial charge in [0.2, 0.25) is 0 Å². The Hall–Kier alpha value is -12.2. The third-order valence-corrected chi connectivity index (χ3v) is 21.0. The lowest BCUT2D eigenvalue weighted by Gasteiger charge is -2.25. The van der Waals surface area contributed by atoms with Crippen LogP contribution in [-0.2, 0) is 49.5 Å². The van der Waals surface area contributed by atoms with Gasteiger partial charge in [-0.15, -0.1) is 0 Å². The Labute approximate surface area is 749 Å². The summed E-state index contributed by atoms with van der Waals surface area (Å²) >= 11 is 6.17. The van der Waals surface area contributed by atoms with Crippen LogP contribution < -0.4 is 45.9 Å². The van der Waals surface area contributed by atoms with Crippen LogP contribution in [0.2, 0.25) is 5.02 Å². The summed E-state index contributed by atoms with van der Waals surface area (Å²) in [7, 11) is 0. The molecule has 0 unspecified atom stereocenters. The van der Waals surface area contributed by atoms with Gasteiger partial charge in [0.15, 0.2) is 11.6 Å². The van der Waals surface area contributed by atoms with Crippen molar-refractivity contribution < 1.29 is 26.3 Å². The fraction of sp³-hybridized carbons (Fsp3) is 0.346. The van der Waals surface area contributed by atoms with Crippen LogP contribution in [0.3, 0.4) is 0 Å². The van der Waals surface area contributed by atoms with Crippen LogP contribution in [0, 0.1) is 17.5 Å². The normalized spacial score (nSPS) is 12.7. The fourth-order valence-electron chi connectivity index (χ4n) is 14.8. The molecule has 670 valence electrons. The molecule has 16 nitrogen and oxygen atoms in total. The van der Waals surface area contributed by atoms with Gasteiger partial charge in [0.25, 0.3) is 0 Å². The minimum Gasteiger partial charge on any atom is -0.384 e. The highest BCUT2D eigenvalue weighted by Gasteiger charge is 2.44. The minimum atomic E-state index is -4.37. The average molecular weight is 1750 g/mol. The number of aromatic nitrogens is 8. The van der Waals surface area contributed by atoms with Crippen molar-refractivity contribution in [2.45, 2.75) is 234 Å². The van der Waals surface area contributed by atoms with Crippen LogP contribution in [0.1, 0.15) is 242 Å². The largest absolute Gasteiger partial charge is 0.418 e. The molecule has 23 heteroatoms. The number of fused-ring (bicyclic) bond motifs is 7. The fourth-order valence-corrected chi connectivity index (χ4v) is 15.0. The highest BCUT2D eigenvalue weighted by atomic mass is 35.5. The summed E-state index contributed by atoms with van der Waals surface area (Å²) in [6.45, 7) is 49.2. The SMILES string of the molecule is CC(C)(C)c1nc(N)c(F)c2ccccc12.CC(C)(C)c1nc(N)cc(C2CC2)c1C(F)(F)F.CC(C)(C)c1nc(N)cc2c(Cl)cccc12.CC(C)(C)c1nc(N)cc2ccc(F)cc12.CC(C)(C)c1nc(N)cc2cccc(F)c12.CC(C)(C)c1nc(N)cc2ccccc12.CC(C)(C)c1nc(N)cc2ccccc12.CC(C)(C)c1nc(N)cc2ccccc12. The molecule has 0 amide bonds. The topological polar surface area (TPSA) is 311 Å². The lowest BCUT2D eigenvalue weighted by atomic mass is 9.85. The molecule has 0 atom stereocenters. The van der Waals surface area contributed by atoms with Crippen LogP contribution in [0.5, 0.6) is 0 Å². The summed E-state index contributed by atoms with van der Waals surface area (Å²) in [5.41, 5.74) is 51.2. The molecule has 1 saturated carbocycles. The van der Waals surface area contributed by atoms with Crippen LogP contribution in [0.4, 0.5) is 72.9 Å². The first-order chi connectivity index (χ1) is 58.6. The molecule has 8 heterocycles. The van der Waals surface area contributed by atoms with Gasteiger partial charge in [-0.3, -0.25) is 0 Å². The van der Waals surface area contributed by atoms with Gasteiger partial charge in [0.1, 0.15) is 52.4 Å². The van der Waals surface area contributed by atoms with E-state index in [0.29, 0.717) is 56.9 Å². The first-order valence-corrected chi connectivity index (χ1v) is 42.8. The van der Waals surface area contributed by atoms with Gasteiger partial charge < -0.3 is 45.9 Å². The predicted octanol–water partition coefficient (Wildman–Crippen LogP) is 26.7. The number of hydrogen-bond acceptors (Lipinski definition) is 16. The van der Waals surface area contributed by atoms with Crippen molar-refractivity contribution in [1.29, 1.82) is 0 Å². The Kier molecular flexibility index (Phi) is 29.6. The third-order valence-electron chi connectivity index (χ3n) is 20.7. The number of alkyl halides is 3. The van der Waals surface area contributed by atoms with Gasteiger partial charge in [-0.25, -0.2) is 53.0 Å². The first-order valence-electron chi connectivity index (χ1n) is 42.4. The van der Waals surface area contributed by atoms with Gasteiger partial charge in [0.05, 0.1) is 51.1 Å². The van der Waals surface area contributed by atoms with Crippen molar-refractivity contribution >= 4 is 134 Å². The minimum absolute atomic E-state index is 0.00646. The number of nitrogens with zero attached hydrogens (tertiary/aromatic N) is 8. The zero-order valence-electron chi connectivity index (χ0n) is 77.8. The van der Waals surface area contributed by atoms with Crippen molar-refractivity contribution in [2.75, 3.05) is 45.9 Å². The number of hydrogen-bond donors (Lipinski definition) is 8. The molecule has 127 heavy (non-hydrogen) atoms. The van der Waals surface area contributed by atoms with Crippen LogP contribution in [-0.4, -0.2) is 39.9 Å². The zero-order valence-corrected chi connectivity index (χ0v) is 78.6. The highest BCUT2D eigenvalue weighted by molar-refractivity contribution is 6.35. The summed E-state index contributed by atoms with van der Waals surface area (Å²) in [5.74, 6) is 2.45. The Morgan fingerprint density at radius 2 is 0.567 bits per heavy atom. The zero-order chi connectivity index (χ0) is 94.6. The molecule has 15 aromatic rings. The molecular weight excluding hydrogens is 1620 g/mol. The molecule has 1 aliphatic carbocycles. The third kappa shape index (κ3) is 25.2. The smallest absolute Gasteiger partial charge is 0.384 e. The van der Waals surface area contributed by atoms with E-state index in [-0.39, 0.29) is 72.8 Å². The molecule has 1 fully saturated rings. The number of halogens is 7. The molecule has 0 aliphatic heterocycles. The average Bonchev–Trinajstić information content (AvgIpc) is 1.53. The summed E-state index contributed by atoms with van der Waals surface area (Å²) < 4.78 is 80.7. The number of rotatable bonds is 1. The molecular formula is C104H125ClF6N16. The Morgan fingerprint density at radius 1 is 0.276 bits per heavy atom. The van der Waals surface area contributed by atoms with E-state index in [2.05, 4.69) is 159 Å². The van der Waals surface area contributed by atoms with E-state index in [1.165, 1.54) is 40.4 Å². The van der Waals surface area contributed by atoms with Crippen molar-refractivity contribution in [3.8, 4) is 0 Å². The van der Waals surface area contributed by atoms with Crippen molar-refractivity contribution in [3.05, 3.63) is 273 Å². The number of anilines is 8. The lowest BCUT2D eigenvalue weighted by Crippen LogP contribution is -2.24. The number of nitrogens with two attached hydrogens (primary N) is 8. The van der Waals surface area contributed by atoms with Crippen molar-refractivity contribution in [2.24, 2.45) is 0 Å². The molecule has 0 saturated heterocycles. The van der Waals surface area contributed by atoms with E-state index in [0.717, 1.165) is 101 Å². The van der Waals surface area contributed by atoms with Crippen LogP contribution in [0.15, 0.2) is 194 Å². The molecule has 0 spiro atoms. The van der Waals surface area contributed by atoms with Gasteiger partial charge in [0, 0.05) is 96.8 Å². The van der Waals surface area contributed by atoms with Gasteiger partial charge in [-0.05, 0) is 118 Å². The standard InChI is InChI=1S/C13H15ClN2.C13H17F3N2.3C13H15FN2.3C13H16N2/c1-13(2,3)12-8-5-4-6-10(14)9(8)7-11(15)16-12;1-12(2,3)11-10(13(14,15)16)8(7-4-5-7)6-9(17)18-11;1-13(2,3)12-10-7-9(14)5-4-8(10)6-11(15)16-12;1-13(2,3)12-11-8(7-10(15)16-12)5-4-6-9(11)14;1-13(2,3)11-9-7-5-4-6-8(9)10(14)12(15)16-11;3*1-13(2,3)12-10-7-5-4-6-9(10)8-11(14)15-12/h4-7H,1-3H3,(H2,15,16);6-7H,4-5H2,1-3H3,(H2,17,18);3*4-7H,1-3H3,(H2,15,16);3*4-8H,1-3H3,(H2,14,15). The lowest BCUT2D eigenvalue weighted by molar-refractivity contribution is -0.139. The summed E-state index contributed by atoms with van der Waals surface area (Å²) in [5, 5.41) is 14.4. The number of benzene rings is 7. The Bertz CT molecular complexity index is 6180. The molecule has 0 radical (unpaired) electrons. The van der Waals surface area contributed by atoms with Gasteiger partial charge in [-0.2, -0.15) is 13.2 Å². The van der Waals surface area contributed by atoms with Gasteiger partial charge in [-0.1, -0.05) is 305 Å². The van der Waals surface area contributed by atoms with E-state index in [4.69, 9.17) is 57.5 Å². The predicted molar refractivity (Wildman–Crippen MR) is 523 cm³/mol. The van der Waals surface area contributed by atoms with E-state index < -0.39 is 23.0 Å². The van der Waals surface area contributed by atoms with E-state index in [1.807, 2.05) is 159 Å². The second kappa shape index (κ2) is 38.2. The summed E-state index contributed by atoms with van der Waals surface area (Å²) in [6, 6.07) is 60.0. The molecule has 16 rings (SSSR count). The first kappa shape index (κ1) is 98.6. The van der Waals surface area contributed by atoms with Gasteiger partial charge >= 0.3 is 6.18 Å². The quantitative estimate of drug-likeness (QED) is 0.0708. The molecule has 16 N–H and O–H groups in total. The van der Waals surface area contributed by atoms with E-state index in [1.54, 1.807) is 57.2 Å². The summed E-state index contributed by atoms with van der Waals surface area (Å²) in [4.78, 5) is 34.5. The maximum atomic E-state index is 13.8. The Balaban J connectivity index is 0.000000164. The van der Waals surface area contributed by atoms with E-state index >= 15 is 0 Å². The monoisotopic (exact) mass is 1750 g/mol. The molecule has 8 aromatic heterocycles. The van der Waals surface area contributed by atoms with Crippen LogP contribution >= 0.6 is 11.6 Å². The maximum Gasteiger partial charge on any atom is 0.418 e. The molecule has 0 bridgehead atoms. The van der Waals surface area contributed by atoms with Crippen molar-refractivity contribution in [1.82, 2.24) is 39.9 Å². The highest BCUT2D eigenvalue weighted by Crippen LogP contribution is 2.49. The number of pyridine rings is 8. The van der Waals surface area contributed by atoms with Crippen molar-refractivity contribution in [3.63, 3.8) is 0 Å². The summed E-state index contributed by atoms with van der Waals surface area (Å²) in [6.07, 6.45) is -2.77. The van der Waals surface area contributed by atoms with E-state index in [9.17, 15) is 26.3 Å².